The molecule has 1 N–H and O–H groups in total. The summed E-state index contributed by atoms with van der Waals surface area (Å²) >= 11 is 0. The Morgan fingerprint density at radius 3 is 2.78 bits per heavy atom. The maximum atomic E-state index is 12.7. The van der Waals surface area contributed by atoms with Crippen molar-refractivity contribution in [2.75, 3.05) is 12.4 Å². The molecule has 0 fully saturated rings. The number of ether oxygens (including phenoxy) is 1. The van der Waals surface area contributed by atoms with E-state index in [1.54, 1.807) is 7.11 Å². The Balaban J connectivity index is 1.93. The van der Waals surface area contributed by atoms with Crippen LogP contribution in [0.2, 0.25) is 0 Å². The van der Waals surface area contributed by atoms with E-state index in [9.17, 15) is 4.79 Å². The van der Waals surface area contributed by atoms with Gasteiger partial charge in [0.1, 0.15) is 0 Å². The van der Waals surface area contributed by atoms with Crippen molar-refractivity contribution in [3.05, 3.63) is 71.4 Å². The molecule has 3 rings (SSSR count). The second kappa shape index (κ2) is 6.58. The molecule has 0 radical (unpaired) electrons. The fourth-order valence-corrected chi connectivity index (χ4v) is 2.60. The van der Waals surface area contributed by atoms with E-state index in [1.165, 1.54) is 0 Å². The summed E-state index contributed by atoms with van der Waals surface area (Å²) in [6, 6.07) is 17.1. The molecule has 0 unspecified atom stereocenters. The van der Waals surface area contributed by atoms with Gasteiger partial charge in [0.15, 0.2) is 0 Å². The zero-order chi connectivity index (χ0) is 16.2. The van der Waals surface area contributed by atoms with Crippen LogP contribution < -0.4 is 5.32 Å². The second-order valence-corrected chi connectivity index (χ2v) is 5.42. The third-order valence-corrected chi connectivity index (χ3v) is 3.58. The molecule has 0 aliphatic carbocycles. The van der Waals surface area contributed by atoms with Crippen LogP contribution in [0.15, 0.2) is 54.6 Å². The standard InChI is InChI=1S/C19H18N2O2/c1-13-10-17(16-8-3-4-9-18(16)20-13)19(22)21-15-7-5-6-14(11-15)12-23-2/h3-11H,12H2,1-2H3,(H,21,22). The van der Waals surface area contributed by atoms with Gasteiger partial charge in [0.2, 0.25) is 0 Å². The van der Waals surface area contributed by atoms with E-state index in [-0.39, 0.29) is 5.91 Å². The summed E-state index contributed by atoms with van der Waals surface area (Å²) in [6.07, 6.45) is 0. The molecule has 116 valence electrons. The molecule has 0 atom stereocenters. The minimum atomic E-state index is -0.138. The molecule has 1 amide bonds. The topological polar surface area (TPSA) is 51.2 Å². The fourth-order valence-electron chi connectivity index (χ4n) is 2.60. The number of hydrogen-bond donors (Lipinski definition) is 1. The van der Waals surface area contributed by atoms with Crippen molar-refractivity contribution in [3.8, 4) is 0 Å². The van der Waals surface area contributed by atoms with Gasteiger partial charge in [-0.2, -0.15) is 0 Å². The Hall–Kier alpha value is -2.72. The van der Waals surface area contributed by atoms with E-state index in [2.05, 4.69) is 10.3 Å². The number of para-hydroxylation sites is 1. The molecular weight excluding hydrogens is 288 g/mol. The molecular formula is C19H18N2O2. The Kier molecular flexibility index (Phi) is 4.35. The van der Waals surface area contributed by atoms with Crippen LogP contribution in [0.1, 0.15) is 21.6 Å². The molecule has 23 heavy (non-hydrogen) atoms. The van der Waals surface area contributed by atoms with Gasteiger partial charge in [0, 0.05) is 23.9 Å². The Labute approximate surface area is 135 Å². The predicted molar refractivity (Wildman–Crippen MR) is 91.6 cm³/mol. The third-order valence-electron chi connectivity index (χ3n) is 3.58. The van der Waals surface area contributed by atoms with E-state index in [1.807, 2.05) is 61.5 Å². The number of amides is 1. The first kappa shape index (κ1) is 15.2. The normalized spacial score (nSPS) is 10.7. The van der Waals surface area contributed by atoms with E-state index in [0.29, 0.717) is 12.2 Å². The maximum absolute atomic E-state index is 12.7. The number of methoxy groups -OCH3 is 1. The molecule has 0 bridgehead atoms. The van der Waals surface area contributed by atoms with Crippen LogP contribution in [0.5, 0.6) is 0 Å². The van der Waals surface area contributed by atoms with E-state index in [0.717, 1.165) is 27.8 Å². The summed E-state index contributed by atoms with van der Waals surface area (Å²) in [4.78, 5) is 17.1. The summed E-state index contributed by atoms with van der Waals surface area (Å²) in [5, 5.41) is 3.80. The van der Waals surface area contributed by atoms with Crippen LogP contribution >= 0.6 is 0 Å². The van der Waals surface area contributed by atoms with E-state index in [4.69, 9.17) is 4.74 Å². The number of fused-ring (bicyclic) bond motifs is 1. The summed E-state index contributed by atoms with van der Waals surface area (Å²) in [5.41, 5.74) is 4.04. The lowest BCUT2D eigenvalue weighted by molar-refractivity contribution is 0.102. The number of aryl methyl sites for hydroxylation is 1. The highest BCUT2D eigenvalue weighted by atomic mass is 16.5. The number of pyridine rings is 1. The lowest BCUT2D eigenvalue weighted by atomic mass is 10.1. The molecule has 4 heteroatoms. The van der Waals surface area contributed by atoms with Gasteiger partial charge in [-0.1, -0.05) is 30.3 Å². The molecule has 0 saturated heterocycles. The molecule has 1 aromatic heterocycles. The molecule has 0 spiro atoms. The molecule has 0 aliphatic heterocycles. The maximum Gasteiger partial charge on any atom is 0.256 e. The van der Waals surface area contributed by atoms with Crippen molar-refractivity contribution >= 4 is 22.5 Å². The van der Waals surface area contributed by atoms with Crippen molar-refractivity contribution < 1.29 is 9.53 Å². The monoisotopic (exact) mass is 306 g/mol. The first-order chi connectivity index (χ1) is 11.2. The van der Waals surface area contributed by atoms with E-state index < -0.39 is 0 Å². The van der Waals surface area contributed by atoms with Gasteiger partial charge in [-0.25, -0.2) is 0 Å². The SMILES string of the molecule is COCc1cccc(NC(=O)c2cc(C)nc3ccccc23)c1. The number of rotatable bonds is 4. The van der Waals surface area contributed by atoms with Gasteiger partial charge >= 0.3 is 0 Å². The number of hydrogen-bond acceptors (Lipinski definition) is 3. The number of benzene rings is 2. The van der Waals surface area contributed by atoms with Crippen LogP contribution in [0.25, 0.3) is 10.9 Å². The molecule has 3 aromatic rings. The van der Waals surface area contributed by atoms with Crippen molar-refractivity contribution in [2.45, 2.75) is 13.5 Å². The van der Waals surface area contributed by atoms with Gasteiger partial charge < -0.3 is 10.1 Å². The Bertz CT molecular complexity index is 859. The van der Waals surface area contributed by atoms with Gasteiger partial charge in [0.05, 0.1) is 17.7 Å². The van der Waals surface area contributed by atoms with Crippen molar-refractivity contribution in [1.29, 1.82) is 0 Å². The highest BCUT2D eigenvalue weighted by molar-refractivity contribution is 6.12. The van der Waals surface area contributed by atoms with Crippen LogP contribution in [-0.4, -0.2) is 18.0 Å². The second-order valence-electron chi connectivity index (χ2n) is 5.42. The first-order valence-corrected chi connectivity index (χ1v) is 7.43. The smallest absolute Gasteiger partial charge is 0.256 e. The third kappa shape index (κ3) is 3.38. The summed E-state index contributed by atoms with van der Waals surface area (Å²) in [7, 11) is 1.65. The number of nitrogens with one attached hydrogen (secondary N) is 1. The number of carbonyl (C=O) groups excluding carboxylic acids is 1. The lowest BCUT2D eigenvalue weighted by Gasteiger charge is -2.10. The van der Waals surface area contributed by atoms with Crippen molar-refractivity contribution in [1.82, 2.24) is 4.98 Å². The molecule has 4 nitrogen and oxygen atoms in total. The van der Waals surface area contributed by atoms with Gasteiger partial charge in [-0.15, -0.1) is 0 Å². The quantitative estimate of drug-likeness (QED) is 0.794. The summed E-state index contributed by atoms with van der Waals surface area (Å²) in [6.45, 7) is 2.41. The van der Waals surface area contributed by atoms with Crippen LogP contribution in [0.3, 0.4) is 0 Å². The summed E-state index contributed by atoms with van der Waals surface area (Å²) in [5.74, 6) is -0.138. The molecule has 0 saturated carbocycles. The van der Waals surface area contributed by atoms with Gasteiger partial charge in [-0.05, 0) is 36.8 Å². The zero-order valence-electron chi connectivity index (χ0n) is 13.2. The van der Waals surface area contributed by atoms with Crippen molar-refractivity contribution in [3.63, 3.8) is 0 Å². The lowest BCUT2D eigenvalue weighted by Crippen LogP contribution is -2.13. The average Bonchev–Trinajstić information content (AvgIpc) is 2.54. The number of nitrogens with zero attached hydrogens (tertiary/aromatic N) is 1. The van der Waals surface area contributed by atoms with Crippen LogP contribution in [0.4, 0.5) is 5.69 Å². The Morgan fingerprint density at radius 2 is 1.96 bits per heavy atom. The van der Waals surface area contributed by atoms with E-state index >= 15 is 0 Å². The Morgan fingerprint density at radius 1 is 1.13 bits per heavy atom. The van der Waals surface area contributed by atoms with Crippen LogP contribution in [-0.2, 0) is 11.3 Å². The zero-order valence-corrected chi connectivity index (χ0v) is 13.2. The summed E-state index contributed by atoms with van der Waals surface area (Å²) < 4.78 is 5.12. The van der Waals surface area contributed by atoms with Gasteiger partial charge in [0.25, 0.3) is 5.91 Å². The largest absolute Gasteiger partial charge is 0.380 e. The fraction of sp³-hybridized carbons (Fsp3) is 0.158. The highest BCUT2D eigenvalue weighted by Crippen LogP contribution is 2.20. The average molecular weight is 306 g/mol. The number of aromatic nitrogens is 1. The molecule has 1 heterocycles. The minimum absolute atomic E-state index is 0.138. The molecule has 2 aromatic carbocycles. The molecule has 0 aliphatic rings. The first-order valence-electron chi connectivity index (χ1n) is 7.43. The number of carbonyl (C=O) groups is 1. The minimum Gasteiger partial charge on any atom is -0.380 e. The predicted octanol–water partition coefficient (Wildman–Crippen LogP) is 3.94. The van der Waals surface area contributed by atoms with Gasteiger partial charge in [-0.3, -0.25) is 9.78 Å². The highest BCUT2D eigenvalue weighted by Gasteiger charge is 2.12. The van der Waals surface area contributed by atoms with Crippen LogP contribution in [0, 0.1) is 6.92 Å². The van der Waals surface area contributed by atoms with Crippen molar-refractivity contribution in [2.24, 2.45) is 0 Å². The number of anilines is 1.